The van der Waals surface area contributed by atoms with Crippen LogP contribution in [0.4, 0.5) is 0 Å². The molecule has 0 unspecified atom stereocenters. The van der Waals surface area contributed by atoms with E-state index in [1.807, 2.05) is 20.9 Å². The molecular formula is C16H19N7O2. The van der Waals surface area contributed by atoms with Gasteiger partial charge in [-0.05, 0) is 33.1 Å². The topological polar surface area (TPSA) is 119 Å². The van der Waals surface area contributed by atoms with Gasteiger partial charge in [-0.3, -0.25) is 9.48 Å². The molecule has 2 aromatic heterocycles. The highest BCUT2D eigenvalue weighted by Crippen LogP contribution is 2.30. The molecule has 2 atom stereocenters. The van der Waals surface area contributed by atoms with Crippen molar-refractivity contribution in [2.75, 3.05) is 0 Å². The minimum Gasteiger partial charge on any atom is -0.473 e. The Labute approximate surface area is 144 Å². The summed E-state index contributed by atoms with van der Waals surface area (Å²) in [5, 5.41) is 8.08. The van der Waals surface area contributed by atoms with E-state index in [1.54, 1.807) is 10.9 Å². The number of rotatable bonds is 5. The van der Waals surface area contributed by atoms with Crippen molar-refractivity contribution < 1.29 is 14.3 Å². The zero-order chi connectivity index (χ0) is 18.0. The van der Waals surface area contributed by atoms with Gasteiger partial charge in [-0.15, -0.1) is 5.10 Å². The van der Waals surface area contributed by atoms with Crippen LogP contribution >= 0.6 is 0 Å². The van der Waals surface area contributed by atoms with Crippen molar-refractivity contribution in [3.05, 3.63) is 23.1 Å². The fourth-order valence-corrected chi connectivity index (χ4v) is 2.97. The SMILES string of the molecule is Cc1nc(-c2nnn(C)c2C)cnc1O[C@H]1CC[C@H](C(=O)C=[N+]=[N-])C1. The van der Waals surface area contributed by atoms with Crippen LogP contribution in [-0.4, -0.2) is 47.9 Å². The van der Waals surface area contributed by atoms with E-state index in [4.69, 9.17) is 10.3 Å². The van der Waals surface area contributed by atoms with Crippen LogP contribution in [0.3, 0.4) is 0 Å². The maximum absolute atomic E-state index is 11.7. The molecule has 0 bridgehead atoms. The first-order valence-corrected chi connectivity index (χ1v) is 8.07. The molecule has 2 aromatic rings. The van der Waals surface area contributed by atoms with E-state index in [0.717, 1.165) is 18.3 Å². The van der Waals surface area contributed by atoms with Crippen LogP contribution in [0, 0.1) is 19.8 Å². The fourth-order valence-electron chi connectivity index (χ4n) is 2.97. The summed E-state index contributed by atoms with van der Waals surface area (Å²) in [6.07, 6.45) is 4.52. The first-order chi connectivity index (χ1) is 12.0. The predicted octanol–water partition coefficient (Wildman–Crippen LogP) is 1.31. The largest absolute Gasteiger partial charge is 0.473 e. The highest BCUT2D eigenvalue weighted by Gasteiger charge is 2.32. The summed E-state index contributed by atoms with van der Waals surface area (Å²) in [4.78, 5) is 23.4. The van der Waals surface area contributed by atoms with E-state index in [0.29, 0.717) is 35.8 Å². The average molecular weight is 341 g/mol. The smallest absolute Gasteiger partial charge is 0.323 e. The number of nitrogens with zero attached hydrogens (tertiary/aromatic N) is 7. The van der Waals surface area contributed by atoms with Crippen molar-refractivity contribution in [3.63, 3.8) is 0 Å². The van der Waals surface area contributed by atoms with Crippen molar-refractivity contribution in [2.45, 2.75) is 39.2 Å². The second-order valence-corrected chi connectivity index (χ2v) is 6.19. The standard InChI is InChI=1S/C16H19N7O2/c1-9-16(25-12-5-4-11(6-12)14(24)8-19-17)18-7-13(20-9)15-10(2)23(3)22-21-15/h7-8,11-12H,4-6H2,1-3H3/t11-,12-/m0/s1. The minimum absolute atomic E-state index is 0.0989. The first kappa shape index (κ1) is 16.9. The average Bonchev–Trinajstić information content (AvgIpc) is 3.18. The number of aromatic nitrogens is 5. The summed E-state index contributed by atoms with van der Waals surface area (Å²) in [5.41, 5.74) is 11.4. The predicted molar refractivity (Wildman–Crippen MR) is 88.0 cm³/mol. The Hall–Kier alpha value is -2.93. The van der Waals surface area contributed by atoms with Crippen molar-refractivity contribution in [2.24, 2.45) is 13.0 Å². The van der Waals surface area contributed by atoms with Gasteiger partial charge in [-0.2, -0.15) is 4.79 Å². The van der Waals surface area contributed by atoms with E-state index >= 15 is 0 Å². The van der Waals surface area contributed by atoms with Gasteiger partial charge in [0.2, 0.25) is 11.7 Å². The Morgan fingerprint density at radius 2 is 2.24 bits per heavy atom. The molecule has 3 rings (SSSR count). The molecule has 0 amide bonds. The number of aryl methyl sites for hydroxylation is 2. The van der Waals surface area contributed by atoms with Gasteiger partial charge in [0.15, 0.2) is 0 Å². The van der Waals surface area contributed by atoms with Crippen LogP contribution in [0.15, 0.2) is 6.20 Å². The lowest BCUT2D eigenvalue weighted by Crippen LogP contribution is -2.18. The molecule has 1 fully saturated rings. The van der Waals surface area contributed by atoms with Crippen LogP contribution in [0.5, 0.6) is 5.88 Å². The molecule has 25 heavy (non-hydrogen) atoms. The molecule has 0 aliphatic heterocycles. The number of ether oxygens (including phenoxy) is 1. The summed E-state index contributed by atoms with van der Waals surface area (Å²) in [7, 11) is 1.82. The zero-order valence-electron chi connectivity index (χ0n) is 14.4. The quantitative estimate of drug-likeness (QED) is 0.459. The molecule has 0 saturated heterocycles. The van der Waals surface area contributed by atoms with Gasteiger partial charge in [0.1, 0.15) is 23.2 Å². The maximum Gasteiger partial charge on any atom is 0.323 e. The van der Waals surface area contributed by atoms with Crippen molar-refractivity contribution in [1.82, 2.24) is 25.0 Å². The molecule has 9 heteroatoms. The van der Waals surface area contributed by atoms with E-state index in [1.165, 1.54) is 0 Å². The summed E-state index contributed by atoms with van der Waals surface area (Å²) < 4.78 is 7.60. The molecule has 0 radical (unpaired) electrons. The van der Waals surface area contributed by atoms with E-state index in [2.05, 4.69) is 25.1 Å². The number of hydrogen-bond donors (Lipinski definition) is 0. The van der Waals surface area contributed by atoms with Gasteiger partial charge in [0.05, 0.1) is 11.9 Å². The van der Waals surface area contributed by atoms with E-state index in [9.17, 15) is 4.79 Å². The second-order valence-electron chi connectivity index (χ2n) is 6.19. The van der Waals surface area contributed by atoms with Gasteiger partial charge in [-0.25, -0.2) is 9.97 Å². The molecule has 9 nitrogen and oxygen atoms in total. The Kier molecular flexibility index (Phi) is 4.67. The fraction of sp³-hybridized carbons (Fsp3) is 0.500. The van der Waals surface area contributed by atoms with Gasteiger partial charge in [0, 0.05) is 13.0 Å². The molecule has 1 aliphatic carbocycles. The third-order valence-corrected chi connectivity index (χ3v) is 4.50. The molecule has 0 aromatic carbocycles. The molecule has 130 valence electrons. The molecule has 0 spiro atoms. The molecule has 0 N–H and O–H groups in total. The van der Waals surface area contributed by atoms with Crippen LogP contribution < -0.4 is 4.74 Å². The highest BCUT2D eigenvalue weighted by molar-refractivity contribution is 6.26. The van der Waals surface area contributed by atoms with E-state index in [-0.39, 0.29) is 17.8 Å². The Balaban J connectivity index is 1.71. The first-order valence-electron chi connectivity index (χ1n) is 8.07. The van der Waals surface area contributed by atoms with Crippen LogP contribution in [0.25, 0.3) is 16.9 Å². The summed E-state index contributed by atoms with van der Waals surface area (Å²) in [5.74, 6) is 0.111. The number of Topliss-reactive ketones (excluding diaryl/α,β-unsaturated/α-hetero) is 1. The van der Waals surface area contributed by atoms with Crippen molar-refractivity contribution >= 4 is 12.0 Å². The number of carbonyl (C=O) groups excluding carboxylic acids is 1. The number of hydrogen-bond acceptors (Lipinski definition) is 6. The summed E-state index contributed by atoms with van der Waals surface area (Å²) >= 11 is 0. The van der Waals surface area contributed by atoms with Crippen molar-refractivity contribution in [3.8, 4) is 17.3 Å². The molecule has 2 heterocycles. The minimum atomic E-state index is -0.176. The highest BCUT2D eigenvalue weighted by atomic mass is 16.5. The zero-order valence-corrected chi connectivity index (χ0v) is 14.4. The normalized spacial score (nSPS) is 19.5. The van der Waals surface area contributed by atoms with Crippen LogP contribution in [-0.2, 0) is 11.8 Å². The molecule has 1 aliphatic rings. The van der Waals surface area contributed by atoms with Gasteiger partial charge in [0.25, 0.3) is 0 Å². The van der Waals surface area contributed by atoms with E-state index < -0.39 is 0 Å². The number of carbonyl (C=O) groups is 1. The second kappa shape index (κ2) is 6.90. The lowest BCUT2D eigenvalue weighted by Gasteiger charge is -2.14. The lowest BCUT2D eigenvalue weighted by atomic mass is 10.0. The van der Waals surface area contributed by atoms with Gasteiger partial charge in [-0.1, -0.05) is 5.21 Å². The van der Waals surface area contributed by atoms with Gasteiger partial charge < -0.3 is 10.3 Å². The molecule has 1 saturated carbocycles. The third kappa shape index (κ3) is 3.46. The Morgan fingerprint density at radius 3 is 2.88 bits per heavy atom. The van der Waals surface area contributed by atoms with Gasteiger partial charge >= 0.3 is 6.21 Å². The van der Waals surface area contributed by atoms with Crippen LogP contribution in [0.2, 0.25) is 0 Å². The summed E-state index contributed by atoms with van der Waals surface area (Å²) in [6.45, 7) is 3.75. The third-order valence-electron chi connectivity index (χ3n) is 4.50. The Morgan fingerprint density at radius 1 is 1.44 bits per heavy atom. The number of ketones is 1. The van der Waals surface area contributed by atoms with Crippen LogP contribution in [0.1, 0.15) is 30.7 Å². The molecular weight excluding hydrogens is 322 g/mol. The Bertz CT molecular complexity index is 854. The lowest BCUT2D eigenvalue weighted by molar-refractivity contribution is -0.119. The summed E-state index contributed by atoms with van der Waals surface area (Å²) in [6, 6.07) is 0. The monoisotopic (exact) mass is 341 g/mol. The van der Waals surface area contributed by atoms with Crippen molar-refractivity contribution in [1.29, 1.82) is 0 Å². The maximum atomic E-state index is 11.7.